The molecule has 0 bridgehead atoms. The van der Waals surface area contributed by atoms with Gasteiger partial charge in [-0.05, 0) is 24.5 Å². The molecule has 3 rings (SSSR count). The summed E-state index contributed by atoms with van der Waals surface area (Å²) in [5, 5.41) is 14.1. The number of hydrogen-bond acceptors (Lipinski definition) is 6. The molecule has 1 amide bonds. The lowest BCUT2D eigenvalue weighted by Crippen LogP contribution is -2.13. The molecule has 0 atom stereocenters. The number of para-hydroxylation sites is 2. The van der Waals surface area contributed by atoms with Gasteiger partial charge in [-0.25, -0.2) is 4.98 Å². The van der Waals surface area contributed by atoms with Crippen LogP contribution in [0.2, 0.25) is 0 Å². The minimum atomic E-state index is -0.570. The lowest BCUT2D eigenvalue weighted by atomic mass is 10.1. The minimum Gasteiger partial charge on any atom is -0.298 e. The van der Waals surface area contributed by atoms with E-state index in [-0.39, 0.29) is 11.3 Å². The number of nitrogens with one attached hydrogen (secondary N) is 1. The number of fused-ring (bicyclic) bond motifs is 1. The van der Waals surface area contributed by atoms with E-state index in [1.54, 1.807) is 17.8 Å². The van der Waals surface area contributed by atoms with Crippen molar-refractivity contribution in [2.75, 3.05) is 11.6 Å². The molecule has 0 spiro atoms. The van der Waals surface area contributed by atoms with E-state index >= 15 is 0 Å². The summed E-state index contributed by atoms with van der Waals surface area (Å²) in [6.07, 6.45) is 1.96. The van der Waals surface area contributed by atoms with Crippen molar-refractivity contribution in [1.29, 1.82) is 0 Å². The largest absolute Gasteiger partial charge is 0.298 e. The van der Waals surface area contributed by atoms with Crippen LogP contribution in [-0.4, -0.2) is 22.1 Å². The van der Waals surface area contributed by atoms with Crippen molar-refractivity contribution in [3.8, 4) is 0 Å². The molecule has 0 saturated carbocycles. The normalized spacial score (nSPS) is 10.7. The van der Waals surface area contributed by atoms with E-state index in [9.17, 15) is 14.9 Å². The number of amides is 1. The van der Waals surface area contributed by atoms with Crippen molar-refractivity contribution in [2.24, 2.45) is 0 Å². The summed E-state index contributed by atoms with van der Waals surface area (Å²) in [5.41, 5.74) is 0.612. The molecule has 0 aliphatic heterocycles. The molecule has 0 aliphatic carbocycles. The molecule has 0 unspecified atom stereocenters. The first-order chi connectivity index (χ1) is 11.1. The van der Waals surface area contributed by atoms with Gasteiger partial charge < -0.3 is 0 Å². The summed E-state index contributed by atoms with van der Waals surface area (Å²) in [7, 11) is 0. The molecule has 116 valence electrons. The molecule has 0 saturated heterocycles. The minimum absolute atomic E-state index is 0.0156. The number of rotatable bonds is 4. The van der Waals surface area contributed by atoms with Gasteiger partial charge in [0.05, 0.1) is 15.1 Å². The van der Waals surface area contributed by atoms with Gasteiger partial charge in [-0.15, -0.1) is 11.8 Å². The molecule has 1 N–H and O–H groups in total. The Morgan fingerprint density at radius 3 is 2.78 bits per heavy atom. The summed E-state index contributed by atoms with van der Waals surface area (Å²) in [6, 6.07) is 11.7. The number of anilines is 1. The van der Waals surface area contributed by atoms with E-state index < -0.39 is 10.8 Å². The van der Waals surface area contributed by atoms with Crippen molar-refractivity contribution in [2.45, 2.75) is 4.90 Å². The summed E-state index contributed by atoms with van der Waals surface area (Å²) >= 11 is 2.91. The number of nitro groups is 1. The zero-order chi connectivity index (χ0) is 16.4. The van der Waals surface area contributed by atoms with E-state index in [0.29, 0.717) is 5.13 Å². The van der Waals surface area contributed by atoms with Crippen LogP contribution in [0, 0.1) is 10.1 Å². The molecule has 1 heterocycles. The fourth-order valence-corrected chi connectivity index (χ4v) is 3.65. The average molecular weight is 345 g/mol. The second kappa shape index (κ2) is 6.35. The number of nitro benzene ring substituents is 1. The molecule has 3 aromatic rings. The van der Waals surface area contributed by atoms with Gasteiger partial charge in [0.25, 0.3) is 11.6 Å². The van der Waals surface area contributed by atoms with Crippen molar-refractivity contribution in [3.63, 3.8) is 0 Å². The quantitative estimate of drug-likeness (QED) is 0.435. The van der Waals surface area contributed by atoms with Crippen LogP contribution in [0.4, 0.5) is 10.8 Å². The Kier molecular flexibility index (Phi) is 4.26. The highest BCUT2D eigenvalue weighted by Crippen LogP contribution is 2.32. The summed E-state index contributed by atoms with van der Waals surface area (Å²) in [6.45, 7) is 0. The van der Waals surface area contributed by atoms with Gasteiger partial charge in [-0.1, -0.05) is 29.5 Å². The summed E-state index contributed by atoms with van der Waals surface area (Å²) in [4.78, 5) is 28.2. The Bertz CT molecular complexity index is 908. The molecule has 0 radical (unpaired) electrons. The number of thioether (sulfide) groups is 1. The topological polar surface area (TPSA) is 85.1 Å². The number of carbonyl (C=O) groups is 1. The first-order valence-corrected chi connectivity index (χ1v) is 8.62. The van der Waals surface area contributed by atoms with Crippen molar-refractivity contribution in [3.05, 3.63) is 58.1 Å². The van der Waals surface area contributed by atoms with E-state index in [2.05, 4.69) is 10.3 Å². The predicted molar refractivity (Wildman–Crippen MR) is 92.5 cm³/mol. The van der Waals surface area contributed by atoms with Gasteiger partial charge in [-0.2, -0.15) is 0 Å². The van der Waals surface area contributed by atoms with Crippen molar-refractivity contribution >= 4 is 50.0 Å². The Balaban J connectivity index is 1.93. The van der Waals surface area contributed by atoms with Crippen LogP contribution in [0.5, 0.6) is 0 Å². The van der Waals surface area contributed by atoms with Crippen LogP contribution in [0.1, 0.15) is 10.4 Å². The Hall–Kier alpha value is -2.45. The van der Waals surface area contributed by atoms with Gasteiger partial charge in [0.1, 0.15) is 5.56 Å². The third-order valence-corrected chi connectivity index (χ3v) is 4.87. The first-order valence-electron chi connectivity index (χ1n) is 6.58. The highest BCUT2D eigenvalue weighted by Gasteiger charge is 2.20. The van der Waals surface area contributed by atoms with Gasteiger partial charge in [-0.3, -0.25) is 20.2 Å². The van der Waals surface area contributed by atoms with E-state index in [0.717, 1.165) is 15.1 Å². The van der Waals surface area contributed by atoms with Gasteiger partial charge >= 0.3 is 0 Å². The molecule has 23 heavy (non-hydrogen) atoms. The molecule has 0 aliphatic rings. The van der Waals surface area contributed by atoms with Crippen LogP contribution < -0.4 is 5.32 Å². The van der Waals surface area contributed by atoms with Crippen LogP contribution in [0.15, 0.2) is 47.4 Å². The molecule has 2 aromatic carbocycles. The highest BCUT2D eigenvalue weighted by molar-refractivity contribution is 7.98. The third kappa shape index (κ3) is 3.03. The Morgan fingerprint density at radius 1 is 1.26 bits per heavy atom. The second-order valence-corrected chi connectivity index (χ2v) is 6.43. The van der Waals surface area contributed by atoms with Crippen molar-refractivity contribution < 1.29 is 9.72 Å². The summed E-state index contributed by atoms with van der Waals surface area (Å²) in [5.74, 6) is -0.540. The lowest BCUT2D eigenvalue weighted by molar-refractivity contribution is -0.385. The zero-order valence-corrected chi connectivity index (χ0v) is 13.6. The molecule has 6 nitrogen and oxygen atoms in total. The molecular weight excluding hydrogens is 334 g/mol. The van der Waals surface area contributed by atoms with Gasteiger partial charge in [0.15, 0.2) is 5.13 Å². The van der Waals surface area contributed by atoms with Crippen LogP contribution in [0.3, 0.4) is 0 Å². The predicted octanol–water partition coefficient (Wildman–Crippen LogP) is 4.18. The number of aromatic nitrogens is 1. The molecule has 1 aromatic heterocycles. The smallest absolute Gasteiger partial charge is 0.282 e. The van der Waals surface area contributed by atoms with Crippen LogP contribution >= 0.6 is 23.1 Å². The zero-order valence-electron chi connectivity index (χ0n) is 12.0. The maximum atomic E-state index is 12.3. The van der Waals surface area contributed by atoms with Gasteiger partial charge in [0, 0.05) is 11.0 Å². The molecule has 0 fully saturated rings. The number of nitrogens with zero attached hydrogens (tertiary/aromatic N) is 2. The van der Waals surface area contributed by atoms with Crippen molar-refractivity contribution in [1.82, 2.24) is 4.98 Å². The monoisotopic (exact) mass is 345 g/mol. The number of carbonyl (C=O) groups excluding carboxylic acids is 1. The lowest BCUT2D eigenvalue weighted by Gasteiger charge is -2.02. The van der Waals surface area contributed by atoms with Crippen LogP contribution in [0.25, 0.3) is 10.2 Å². The SMILES string of the molecule is CSc1cccc2sc(NC(=O)c3ccccc3[N+](=O)[O-])nc12. The first kappa shape index (κ1) is 15.4. The second-order valence-electron chi connectivity index (χ2n) is 4.55. The fraction of sp³-hybridized carbons (Fsp3) is 0.0667. The molecular formula is C15H11N3O3S2. The standard InChI is InChI=1S/C15H11N3O3S2/c1-22-11-7-4-8-12-13(11)16-15(23-12)17-14(19)9-5-2-3-6-10(9)18(20)21/h2-8H,1H3,(H,16,17,19). The maximum absolute atomic E-state index is 12.3. The third-order valence-electron chi connectivity index (χ3n) is 3.17. The van der Waals surface area contributed by atoms with Crippen LogP contribution in [-0.2, 0) is 0 Å². The number of thiazole rings is 1. The number of hydrogen-bond donors (Lipinski definition) is 1. The fourth-order valence-electron chi connectivity index (χ4n) is 2.13. The van der Waals surface area contributed by atoms with Gasteiger partial charge in [0.2, 0.25) is 0 Å². The Morgan fingerprint density at radius 2 is 2.04 bits per heavy atom. The number of benzene rings is 2. The Labute approximate surface area is 139 Å². The molecule has 8 heteroatoms. The van der Waals surface area contributed by atoms with E-state index in [4.69, 9.17) is 0 Å². The summed E-state index contributed by atoms with van der Waals surface area (Å²) < 4.78 is 0.953. The maximum Gasteiger partial charge on any atom is 0.282 e. The average Bonchev–Trinajstić information content (AvgIpc) is 2.96. The van der Waals surface area contributed by atoms with E-state index in [1.165, 1.54) is 29.5 Å². The van der Waals surface area contributed by atoms with E-state index in [1.807, 2.05) is 24.5 Å². The highest BCUT2D eigenvalue weighted by atomic mass is 32.2.